The van der Waals surface area contributed by atoms with Gasteiger partial charge in [0.25, 0.3) is 0 Å². The van der Waals surface area contributed by atoms with Crippen molar-refractivity contribution in [1.82, 2.24) is 14.9 Å². The number of aromatic nitrogens is 2. The third-order valence-corrected chi connectivity index (χ3v) is 9.72. The van der Waals surface area contributed by atoms with Crippen LogP contribution in [-0.4, -0.2) is 50.7 Å². The molecule has 1 atom stereocenters. The first kappa shape index (κ1) is 32.0. The molecule has 1 aliphatic rings. The predicted molar refractivity (Wildman–Crippen MR) is 179 cm³/mol. The highest BCUT2D eigenvalue weighted by Crippen LogP contribution is 2.32. The fourth-order valence-electron chi connectivity index (χ4n) is 5.24. The van der Waals surface area contributed by atoms with Crippen molar-refractivity contribution >= 4 is 41.1 Å². The van der Waals surface area contributed by atoms with E-state index in [1.54, 1.807) is 17.3 Å². The van der Waals surface area contributed by atoms with Gasteiger partial charge in [0.1, 0.15) is 0 Å². The van der Waals surface area contributed by atoms with E-state index in [1.165, 1.54) is 16.9 Å². The van der Waals surface area contributed by atoms with E-state index in [0.29, 0.717) is 17.1 Å². The summed E-state index contributed by atoms with van der Waals surface area (Å²) in [6, 6.07) is 20.0. The predicted octanol–water partition coefficient (Wildman–Crippen LogP) is 7.21. The second-order valence-electron chi connectivity index (χ2n) is 12.7. The minimum atomic E-state index is -0.900. The van der Waals surface area contributed by atoms with E-state index in [1.807, 2.05) is 48.6 Å². The molecule has 2 aromatic carbocycles. The Morgan fingerprint density at radius 1 is 0.911 bits per heavy atom. The molecule has 1 fully saturated rings. The summed E-state index contributed by atoms with van der Waals surface area (Å²) in [6.45, 7) is 8.82. The molecule has 5 rings (SSSR count). The molecule has 8 heteroatoms. The second-order valence-corrected chi connectivity index (χ2v) is 13.8. The van der Waals surface area contributed by atoms with Gasteiger partial charge in [0, 0.05) is 53.8 Å². The van der Waals surface area contributed by atoms with Gasteiger partial charge in [0.2, 0.25) is 5.91 Å². The van der Waals surface area contributed by atoms with Crippen LogP contribution in [0.1, 0.15) is 70.9 Å². The summed E-state index contributed by atoms with van der Waals surface area (Å²) < 4.78 is 0. The molecule has 4 aromatic rings. The summed E-state index contributed by atoms with van der Waals surface area (Å²) in [7, 11) is 0. The van der Waals surface area contributed by atoms with Crippen molar-refractivity contribution in [3.63, 3.8) is 0 Å². The maximum absolute atomic E-state index is 13.5. The number of ketones is 1. The lowest BCUT2D eigenvalue weighted by Gasteiger charge is -2.38. The molecule has 1 aliphatic heterocycles. The molecule has 7 nitrogen and oxygen atoms in total. The molecule has 0 radical (unpaired) electrons. The Bertz CT molecular complexity index is 1680. The van der Waals surface area contributed by atoms with Crippen LogP contribution in [0.3, 0.4) is 0 Å². The smallest absolute Gasteiger partial charge is 0.310 e. The summed E-state index contributed by atoms with van der Waals surface area (Å²) in [5.74, 6) is -1.68. The van der Waals surface area contributed by atoms with Crippen molar-refractivity contribution in [1.29, 1.82) is 0 Å². The Balaban J connectivity index is 1.26. The van der Waals surface area contributed by atoms with Crippen LogP contribution in [-0.2, 0) is 27.8 Å². The molecule has 0 spiro atoms. The van der Waals surface area contributed by atoms with Crippen LogP contribution in [0.4, 0.5) is 0 Å². The van der Waals surface area contributed by atoms with Crippen molar-refractivity contribution in [2.24, 2.45) is 11.8 Å². The highest BCUT2D eigenvalue weighted by atomic mass is 32.1. The van der Waals surface area contributed by atoms with E-state index in [-0.39, 0.29) is 36.6 Å². The first-order chi connectivity index (χ1) is 21.5. The van der Waals surface area contributed by atoms with Crippen molar-refractivity contribution in [3.8, 4) is 11.4 Å². The fraction of sp³-hybridized carbons (Fsp3) is 0.324. The van der Waals surface area contributed by atoms with Gasteiger partial charge >= 0.3 is 5.97 Å². The standard InChI is InChI=1S/C37H39N3O4S/c1-5-24-6-8-25(9-7-24)10-11-27-20-38-34(39-21-27)28-14-12-26(13-15-28)18-29(35(42)40-22-30(23-40)36(43)44)19-31(41)32-16-17-33(45-32)37(2,3)4/h6-17,20-21,29-30H,5,18-19,22-23H2,1-4H3,(H,43,44)/b11-10+/t29-/m1/s1. The first-order valence-corrected chi connectivity index (χ1v) is 16.1. The molecule has 1 saturated heterocycles. The van der Waals surface area contributed by atoms with Gasteiger partial charge in [0.05, 0.1) is 10.8 Å². The minimum absolute atomic E-state index is 0.0640. The SMILES string of the molecule is CCc1ccc(/C=C/c2cnc(-c3ccc(C[C@H](CC(=O)c4ccc(C(C)(C)C)s4)C(=O)N4CC(C(=O)O)C4)cc3)nc2)cc1. The number of benzene rings is 2. The van der Waals surface area contributed by atoms with E-state index in [9.17, 15) is 19.5 Å². The number of carbonyl (C=O) groups is 3. The van der Waals surface area contributed by atoms with Crippen molar-refractivity contribution in [2.45, 2.75) is 52.4 Å². The molecule has 3 heterocycles. The van der Waals surface area contributed by atoms with Crippen LogP contribution < -0.4 is 0 Å². The molecule has 2 aromatic heterocycles. The number of carboxylic acid groups (broad SMARTS) is 1. The Kier molecular flexibility index (Phi) is 9.73. The first-order valence-electron chi connectivity index (χ1n) is 15.3. The lowest BCUT2D eigenvalue weighted by atomic mass is 9.89. The van der Waals surface area contributed by atoms with Crippen LogP contribution in [0.25, 0.3) is 23.5 Å². The van der Waals surface area contributed by atoms with Crippen molar-refractivity contribution in [2.75, 3.05) is 13.1 Å². The maximum atomic E-state index is 13.5. The van der Waals surface area contributed by atoms with E-state index in [4.69, 9.17) is 0 Å². The highest BCUT2D eigenvalue weighted by Gasteiger charge is 2.39. The number of likely N-dealkylation sites (tertiary alicyclic amines) is 1. The Hall–Kier alpha value is -4.43. The van der Waals surface area contributed by atoms with E-state index < -0.39 is 17.8 Å². The van der Waals surface area contributed by atoms with Gasteiger partial charge in [-0.1, -0.05) is 88.4 Å². The minimum Gasteiger partial charge on any atom is -0.481 e. The molecule has 1 amide bonds. The molecule has 0 aliphatic carbocycles. The van der Waals surface area contributed by atoms with E-state index in [0.717, 1.165) is 33.6 Å². The summed E-state index contributed by atoms with van der Waals surface area (Å²) >= 11 is 1.47. The highest BCUT2D eigenvalue weighted by molar-refractivity contribution is 7.14. The average Bonchev–Trinajstić information content (AvgIpc) is 3.51. The number of hydrogen-bond acceptors (Lipinski definition) is 6. The fourth-order valence-corrected chi connectivity index (χ4v) is 6.25. The number of hydrogen-bond donors (Lipinski definition) is 1. The second kappa shape index (κ2) is 13.7. The maximum Gasteiger partial charge on any atom is 0.310 e. The Morgan fingerprint density at radius 2 is 1.53 bits per heavy atom. The van der Waals surface area contributed by atoms with E-state index in [2.05, 4.69) is 61.9 Å². The quantitative estimate of drug-likeness (QED) is 0.178. The molecular formula is C37H39N3O4S. The van der Waals surface area contributed by atoms with Crippen molar-refractivity contribution in [3.05, 3.63) is 105 Å². The van der Waals surface area contributed by atoms with Crippen LogP contribution in [0.15, 0.2) is 73.1 Å². The zero-order chi connectivity index (χ0) is 32.1. The topological polar surface area (TPSA) is 100 Å². The van der Waals surface area contributed by atoms with Crippen molar-refractivity contribution < 1.29 is 19.5 Å². The molecule has 232 valence electrons. The summed E-state index contributed by atoms with van der Waals surface area (Å²) in [6.07, 6.45) is 9.07. The van der Waals surface area contributed by atoms with Gasteiger partial charge in [-0.2, -0.15) is 0 Å². The average molecular weight is 622 g/mol. The summed E-state index contributed by atoms with van der Waals surface area (Å²) in [5, 5.41) is 9.29. The Labute approximate surface area is 268 Å². The zero-order valence-electron chi connectivity index (χ0n) is 26.2. The number of aryl methyl sites for hydroxylation is 1. The largest absolute Gasteiger partial charge is 0.481 e. The molecule has 0 unspecified atom stereocenters. The van der Waals surface area contributed by atoms with Crippen LogP contribution in [0.2, 0.25) is 0 Å². The number of rotatable bonds is 11. The van der Waals surface area contributed by atoms with Gasteiger partial charge in [-0.3, -0.25) is 14.4 Å². The van der Waals surface area contributed by atoms with Crippen LogP contribution in [0, 0.1) is 11.8 Å². The summed E-state index contributed by atoms with van der Waals surface area (Å²) in [5.41, 5.74) is 5.02. The lowest BCUT2D eigenvalue weighted by Crippen LogP contribution is -2.55. The van der Waals surface area contributed by atoms with Gasteiger partial charge < -0.3 is 10.0 Å². The van der Waals surface area contributed by atoms with Gasteiger partial charge in [-0.15, -0.1) is 11.3 Å². The number of nitrogens with zero attached hydrogens (tertiary/aromatic N) is 3. The monoisotopic (exact) mass is 621 g/mol. The lowest BCUT2D eigenvalue weighted by molar-refractivity contribution is -0.154. The van der Waals surface area contributed by atoms with Crippen LogP contribution >= 0.6 is 11.3 Å². The van der Waals surface area contributed by atoms with Gasteiger partial charge in [-0.25, -0.2) is 9.97 Å². The number of thiophene rings is 1. The third kappa shape index (κ3) is 8.00. The molecule has 0 bridgehead atoms. The normalized spacial score (nSPS) is 14.4. The number of amides is 1. The van der Waals surface area contributed by atoms with Crippen LogP contribution in [0.5, 0.6) is 0 Å². The number of carbonyl (C=O) groups excluding carboxylic acids is 2. The zero-order valence-corrected chi connectivity index (χ0v) is 27.0. The van der Waals surface area contributed by atoms with Gasteiger partial charge in [0.15, 0.2) is 11.6 Å². The summed E-state index contributed by atoms with van der Waals surface area (Å²) in [4.78, 5) is 50.6. The molecule has 1 N–H and O–H groups in total. The van der Waals surface area contributed by atoms with Gasteiger partial charge in [-0.05, 0) is 47.1 Å². The molecule has 0 saturated carbocycles. The number of carboxylic acids is 1. The third-order valence-electron chi connectivity index (χ3n) is 8.17. The molecular weight excluding hydrogens is 582 g/mol. The Morgan fingerprint density at radius 3 is 2.11 bits per heavy atom. The number of aliphatic carboxylic acids is 1. The number of Topliss-reactive ketones (excluding diaryl/α,β-unsaturated/α-hetero) is 1. The molecule has 45 heavy (non-hydrogen) atoms. The van der Waals surface area contributed by atoms with E-state index >= 15 is 0 Å².